The van der Waals surface area contributed by atoms with Gasteiger partial charge in [-0.15, -0.1) is 5.01 Å². The van der Waals surface area contributed by atoms with Gasteiger partial charge in [0.2, 0.25) is 6.54 Å². The minimum atomic E-state index is -4.27. The van der Waals surface area contributed by atoms with E-state index in [1.807, 2.05) is 0 Å². The predicted octanol–water partition coefficient (Wildman–Crippen LogP) is -0.683. The standard InChI is InChI=1S/C6H9FN6O10/c1-5(9(14)15,10(16)17)4-8(13(22)23)3-2-6(7,11(18)19)12(20)21/h2-4H2,1H3. The summed E-state index contributed by atoms with van der Waals surface area (Å²) in [4.78, 5) is 45.9. The second-order valence-electron chi connectivity index (χ2n) is 4.34. The first kappa shape index (κ1) is 19.7. The van der Waals surface area contributed by atoms with E-state index >= 15 is 0 Å². The molecule has 0 atom stereocenters. The Balaban J connectivity index is 5.35. The van der Waals surface area contributed by atoms with E-state index in [2.05, 4.69) is 0 Å². The maximum atomic E-state index is 13.5. The highest BCUT2D eigenvalue weighted by Gasteiger charge is 2.60. The molecular formula is C6H9FN6O10. The van der Waals surface area contributed by atoms with Crippen molar-refractivity contribution in [2.75, 3.05) is 13.1 Å². The summed E-state index contributed by atoms with van der Waals surface area (Å²) in [5.74, 6) is -4.27. The molecule has 0 spiro atoms. The van der Waals surface area contributed by atoms with Crippen LogP contribution in [0.15, 0.2) is 0 Å². The summed E-state index contributed by atoms with van der Waals surface area (Å²) in [6, 6.07) is 0. The third-order valence-electron chi connectivity index (χ3n) is 2.75. The van der Waals surface area contributed by atoms with E-state index in [1.54, 1.807) is 0 Å². The molecule has 0 amide bonds. The van der Waals surface area contributed by atoms with Crippen molar-refractivity contribution in [3.63, 3.8) is 0 Å². The predicted molar refractivity (Wildman–Crippen MR) is 63.4 cm³/mol. The van der Waals surface area contributed by atoms with Crippen LogP contribution in [0.25, 0.3) is 0 Å². The molecule has 0 aliphatic carbocycles. The topological polar surface area (TPSA) is 219 Å². The van der Waals surface area contributed by atoms with E-state index in [0.29, 0.717) is 6.92 Å². The molecule has 0 heterocycles. The van der Waals surface area contributed by atoms with Gasteiger partial charge in [0, 0.05) is 0 Å². The lowest BCUT2D eigenvalue weighted by Gasteiger charge is -2.18. The molecule has 0 N–H and O–H groups in total. The maximum absolute atomic E-state index is 13.5. The minimum absolute atomic E-state index is 0.271. The average molecular weight is 344 g/mol. The number of hydrogen-bond acceptors (Lipinski definition) is 10. The highest BCUT2D eigenvalue weighted by molar-refractivity contribution is 4.65. The van der Waals surface area contributed by atoms with Gasteiger partial charge in [0.05, 0.1) is 13.5 Å². The minimum Gasteiger partial charge on any atom is -0.258 e. The first-order valence-corrected chi connectivity index (χ1v) is 5.45. The van der Waals surface area contributed by atoms with Crippen LogP contribution in [0.2, 0.25) is 0 Å². The van der Waals surface area contributed by atoms with Crippen molar-refractivity contribution >= 4 is 0 Å². The zero-order valence-electron chi connectivity index (χ0n) is 11.3. The first-order valence-electron chi connectivity index (χ1n) is 5.45. The van der Waals surface area contributed by atoms with Gasteiger partial charge >= 0.3 is 11.6 Å². The number of hydrogen-bond donors (Lipinski definition) is 0. The fraction of sp³-hybridized carbons (Fsp3) is 1.00. The van der Waals surface area contributed by atoms with Gasteiger partial charge in [-0.25, -0.2) is 10.1 Å². The van der Waals surface area contributed by atoms with Gasteiger partial charge in [0.15, 0.2) is 11.5 Å². The Morgan fingerprint density at radius 2 is 1.26 bits per heavy atom. The van der Waals surface area contributed by atoms with Crippen molar-refractivity contribution < 1.29 is 29.1 Å². The number of rotatable bonds is 10. The lowest BCUT2D eigenvalue weighted by Crippen LogP contribution is -2.55. The van der Waals surface area contributed by atoms with E-state index in [1.165, 1.54) is 0 Å². The smallest absolute Gasteiger partial charge is 0.258 e. The summed E-state index contributed by atoms with van der Waals surface area (Å²) >= 11 is 0. The Hall–Kier alpha value is -3.27. The first-order chi connectivity index (χ1) is 10.3. The summed E-state index contributed by atoms with van der Waals surface area (Å²) in [6.45, 7) is -2.42. The molecular weight excluding hydrogens is 335 g/mol. The van der Waals surface area contributed by atoms with Gasteiger partial charge < -0.3 is 0 Å². The molecule has 0 aromatic rings. The Morgan fingerprint density at radius 1 is 0.870 bits per heavy atom. The number of nitrogens with zero attached hydrogens (tertiary/aromatic N) is 6. The van der Waals surface area contributed by atoms with Gasteiger partial charge in [-0.05, 0) is 0 Å². The lowest BCUT2D eigenvalue weighted by molar-refractivity contribution is -0.834. The Bertz CT molecular complexity index is 524. The molecule has 0 fully saturated rings. The second-order valence-corrected chi connectivity index (χ2v) is 4.34. The fourth-order valence-corrected chi connectivity index (χ4v) is 1.27. The van der Waals surface area contributed by atoms with Crippen molar-refractivity contribution in [2.24, 2.45) is 0 Å². The molecule has 0 saturated carbocycles. The summed E-state index contributed by atoms with van der Waals surface area (Å²) in [5.41, 5.74) is -3.07. The van der Waals surface area contributed by atoms with Gasteiger partial charge in [-0.1, -0.05) is 4.39 Å². The van der Waals surface area contributed by atoms with Crippen LogP contribution in [0.3, 0.4) is 0 Å². The third-order valence-corrected chi connectivity index (χ3v) is 2.75. The van der Waals surface area contributed by atoms with Crippen molar-refractivity contribution in [3.05, 3.63) is 50.6 Å². The van der Waals surface area contributed by atoms with Crippen LogP contribution in [-0.2, 0) is 0 Å². The molecule has 0 rings (SSSR count). The van der Waals surface area contributed by atoms with Gasteiger partial charge in [0.1, 0.15) is 19.7 Å². The summed E-state index contributed by atoms with van der Waals surface area (Å²) in [6.07, 6.45) is -1.65. The van der Waals surface area contributed by atoms with Crippen LogP contribution in [-0.4, -0.2) is 54.4 Å². The normalized spacial score (nSPS) is 11.6. The second kappa shape index (κ2) is 6.66. The van der Waals surface area contributed by atoms with Crippen LogP contribution < -0.4 is 0 Å². The van der Waals surface area contributed by atoms with Crippen molar-refractivity contribution in [1.29, 1.82) is 0 Å². The molecule has 0 saturated heterocycles. The maximum Gasteiger partial charge on any atom is 0.615 e. The molecule has 23 heavy (non-hydrogen) atoms. The lowest BCUT2D eigenvalue weighted by atomic mass is 10.2. The molecule has 0 aliphatic rings. The van der Waals surface area contributed by atoms with E-state index in [0.717, 1.165) is 0 Å². The molecule has 0 unspecified atom stereocenters. The molecule has 0 radical (unpaired) electrons. The fourth-order valence-electron chi connectivity index (χ4n) is 1.27. The summed E-state index contributed by atoms with van der Waals surface area (Å²) in [7, 11) is 0. The SMILES string of the molecule is CC(CN(CCC(F)([N+](=O)[O-])[N+](=O)[O-])[N+](=O)[O-])([N+](=O)[O-])[N+](=O)[O-]. The summed E-state index contributed by atoms with van der Waals surface area (Å²) in [5, 5.41) is 51.0. The Morgan fingerprint density at radius 3 is 1.52 bits per heavy atom. The third kappa shape index (κ3) is 4.11. The number of hydrazine groups is 1. The van der Waals surface area contributed by atoms with Gasteiger partial charge in [-0.2, -0.15) is 0 Å². The van der Waals surface area contributed by atoms with Crippen LogP contribution in [0.5, 0.6) is 0 Å². The highest BCUT2D eigenvalue weighted by atomic mass is 19.2. The average Bonchev–Trinajstić information content (AvgIpc) is 2.41. The van der Waals surface area contributed by atoms with Gasteiger partial charge in [0.25, 0.3) is 0 Å². The number of nitro groups is 5. The molecule has 0 bridgehead atoms. The molecule has 0 aromatic carbocycles. The van der Waals surface area contributed by atoms with Crippen LogP contribution in [0.1, 0.15) is 13.3 Å². The van der Waals surface area contributed by atoms with Crippen LogP contribution in [0.4, 0.5) is 4.39 Å². The Kier molecular flexibility index (Phi) is 5.71. The highest BCUT2D eigenvalue weighted by Crippen LogP contribution is 2.20. The molecule has 130 valence electrons. The van der Waals surface area contributed by atoms with E-state index in [4.69, 9.17) is 0 Å². The Labute approximate surface area is 124 Å². The molecule has 0 aromatic heterocycles. The van der Waals surface area contributed by atoms with Crippen LogP contribution >= 0.6 is 0 Å². The number of halogens is 1. The zero-order valence-corrected chi connectivity index (χ0v) is 11.3. The van der Waals surface area contributed by atoms with Crippen LogP contribution in [0, 0.1) is 50.6 Å². The van der Waals surface area contributed by atoms with Crippen molar-refractivity contribution in [1.82, 2.24) is 5.01 Å². The molecule has 17 heteroatoms. The van der Waals surface area contributed by atoms with Crippen molar-refractivity contribution in [2.45, 2.75) is 24.9 Å². The van der Waals surface area contributed by atoms with E-state index in [9.17, 15) is 55.0 Å². The molecule has 16 nitrogen and oxygen atoms in total. The number of alkyl halides is 1. The zero-order chi connectivity index (χ0) is 18.6. The largest absolute Gasteiger partial charge is 0.615 e. The van der Waals surface area contributed by atoms with E-state index in [-0.39, 0.29) is 5.01 Å². The molecule has 0 aliphatic heterocycles. The quantitative estimate of drug-likeness (QED) is 0.209. The van der Waals surface area contributed by atoms with Gasteiger partial charge in [-0.3, -0.25) is 40.5 Å². The monoisotopic (exact) mass is 344 g/mol. The van der Waals surface area contributed by atoms with Crippen molar-refractivity contribution in [3.8, 4) is 0 Å². The van der Waals surface area contributed by atoms with E-state index < -0.39 is 55.8 Å². The summed E-state index contributed by atoms with van der Waals surface area (Å²) < 4.78 is 13.5.